The first-order valence-electron chi connectivity index (χ1n) is 12.3. The van der Waals surface area contributed by atoms with Gasteiger partial charge in [0.1, 0.15) is 12.2 Å². The molecule has 9 heteroatoms. The smallest absolute Gasteiger partial charge is 0.407 e. The van der Waals surface area contributed by atoms with Crippen LogP contribution in [0.15, 0.2) is 66.7 Å². The van der Waals surface area contributed by atoms with Crippen molar-refractivity contribution in [1.29, 1.82) is 0 Å². The van der Waals surface area contributed by atoms with Gasteiger partial charge in [0.05, 0.1) is 19.3 Å². The second kappa shape index (κ2) is 12.2. The van der Waals surface area contributed by atoms with Crippen molar-refractivity contribution in [3.05, 3.63) is 89.0 Å². The Bertz CT molecular complexity index is 1190. The lowest BCUT2D eigenvalue weighted by Gasteiger charge is -2.28. The average molecular weight is 506 g/mol. The fraction of sp³-hybridized carbons (Fsp3) is 0.321. The Labute approximate surface area is 215 Å². The van der Waals surface area contributed by atoms with Gasteiger partial charge in [0, 0.05) is 18.7 Å². The van der Waals surface area contributed by atoms with Gasteiger partial charge in [0.15, 0.2) is 0 Å². The highest BCUT2D eigenvalue weighted by atomic mass is 16.5. The number of hydrogen-bond donors (Lipinski definition) is 3. The molecular formula is C28H31N3O6. The molecule has 2 amide bonds. The van der Waals surface area contributed by atoms with Crippen LogP contribution in [-0.2, 0) is 19.4 Å². The number of aliphatic hydroxyl groups excluding tert-OH is 1. The van der Waals surface area contributed by atoms with Gasteiger partial charge < -0.3 is 29.9 Å². The second-order valence-electron chi connectivity index (χ2n) is 8.84. The molecule has 0 saturated carbocycles. The molecule has 1 aliphatic rings. The molecule has 1 atom stereocenters. The number of carbonyl (C=O) groups excluding carboxylic acids is 1. The van der Waals surface area contributed by atoms with E-state index in [-0.39, 0.29) is 30.6 Å². The molecule has 0 saturated heterocycles. The molecule has 3 aromatic rings. The van der Waals surface area contributed by atoms with Gasteiger partial charge in [0.2, 0.25) is 11.8 Å². The van der Waals surface area contributed by atoms with Crippen LogP contribution in [0, 0.1) is 0 Å². The van der Waals surface area contributed by atoms with E-state index in [0.29, 0.717) is 31.9 Å². The van der Waals surface area contributed by atoms with Crippen molar-refractivity contribution in [3.8, 4) is 11.8 Å². The Morgan fingerprint density at radius 1 is 1.03 bits per heavy atom. The van der Waals surface area contributed by atoms with Crippen LogP contribution in [0.25, 0.3) is 0 Å². The lowest BCUT2D eigenvalue weighted by molar-refractivity contribution is 0.0733. The van der Waals surface area contributed by atoms with Crippen molar-refractivity contribution in [2.45, 2.75) is 38.5 Å². The summed E-state index contributed by atoms with van der Waals surface area (Å²) >= 11 is 0. The molecule has 1 aromatic heterocycles. The maximum absolute atomic E-state index is 12.8. The summed E-state index contributed by atoms with van der Waals surface area (Å²) in [6.45, 7) is 2.17. The minimum atomic E-state index is -1.10. The first-order chi connectivity index (χ1) is 17.9. The monoisotopic (exact) mass is 505 g/mol. The predicted molar refractivity (Wildman–Crippen MR) is 137 cm³/mol. The number of rotatable bonds is 11. The Morgan fingerprint density at radius 3 is 2.35 bits per heavy atom. The molecular weight excluding hydrogens is 474 g/mol. The number of aliphatic hydroxyl groups is 1. The van der Waals surface area contributed by atoms with E-state index in [0.717, 1.165) is 16.7 Å². The van der Waals surface area contributed by atoms with E-state index < -0.39 is 18.1 Å². The first-order valence-corrected chi connectivity index (χ1v) is 12.3. The van der Waals surface area contributed by atoms with Crippen molar-refractivity contribution >= 4 is 12.0 Å². The number of pyridine rings is 1. The van der Waals surface area contributed by atoms with E-state index in [4.69, 9.17) is 9.47 Å². The van der Waals surface area contributed by atoms with Gasteiger partial charge in [-0.1, -0.05) is 54.6 Å². The number of nitrogens with zero attached hydrogens (tertiary/aromatic N) is 2. The van der Waals surface area contributed by atoms with E-state index in [2.05, 4.69) is 10.3 Å². The lowest BCUT2D eigenvalue weighted by atomic mass is 10.1. The number of benzene rings is 2. The summed E-state index contributed by atoms with van der Waals surface area (Å²) in [6, 6.07) is 20.4. The normalized spacial score (nSPS) is 13.5. The standard InChI is InChI=1S/C28H31N3O6/c1-2-36-27-24(12-13-25(30-27)37-18-19-8-4-3-5-9-19)26(33)29-16-23(32)17-31(28(34)35)22-14-20-10-6-7-11-21(20)15-22/h3-13,22-23,32H,2,14-18H2,1H3,(H,29,33)(H,34,35). The minimum absolute atomic E-state index is 0.114. The molecule has 0 radical (unpaired) electrons. The molecule has 1 aliphatic carbocycles. The number of nitrogens with one attached hydrogen (secondary N) is 1. The van der Waals surface area contributed by atoms with Crippen molar-refractivity contribution in [1.82, 2.24) is 15.2 Å². The summed E-state index contributed by atoms with van der Waals surface area (Å²) in [6.07, 6.45) is -0.981. The first kappa shape index (κ1) is 26.0. The molecule has 4 rings (SSSR count). The van der Waals surface area contributed by atoms with Gasteiger partial charge in [0.25, 0.3) is 5.91 Å². The zero-order chi connectivity index (χ0) is 26.2. The predicted octanol–water partition coefficient (Wildman–Crippen LogP) is 3.30. The van der Waals surface area contributed by atoms with E-state index in [1.165, 1.54) is 4.90 Å². The number of hydrogen-bond acceptors (Lipinski definition) is 6. The van der Waals surface area contributed by atoms with Crippen molar-refractivity contribution in [2.24, 2.45) is 0 Å². The molecule has 0 spiro atoms. The zero-order valence-corrected chi connectivity index (χ0v) is 20.7. The molecule has 2 aromatic carbocycles. The molecule has 0 fully saturated rings. The fourth-order valence-corrected chi connectivity index (χ4v) is 4.39. The van der Waals surface area contributed by atoms with Gasteiger partial charge in [-0.25, -0.2) is 4.79 Å². The Morgan fingerprint density at radius 2 is 1.70 bits per heavy atom. The third-order valence-electron chi connectivity index (χ3n) is 6.21. The molecule has 0 aliphatic heterocycles. The van der Waals surface area contributed by atoms with E-state index in [1.807, 2.05) is 54.6 Å². The third-order valence-corrected chi connectivity index (χ3v) is 6.21. The third kappa shape index (κ3) is 6.77. The summed E-state index contributed by atoms with van der Waals surface area (Å²) in [5, 5.41) is 23.0. The van der Waals surface area contributed by atoms with Gasteiger partial charge in [-0.15, -0.1) is 0 Å². The molecule has 37 heavy (non-hydrogen) atoms. The zero-order valence-electron chi connectivity index (χ0n) is 20.7. The Balaban J connectivity index is 1.34. The maximum atomic E-state index is 12.8. The van der Waals surface area contributed by atoms with Gasteiger partial charge in [-0.3, -0.25) is 4.79 Å². The van der Waals surface area contributed by atoms with Crippen molar-refractivity contribution in [3.63, 3.8) is 0 Å². The number of fused-ring (bicyclic) bond motifs is 1. The summed E-state index contributed by atoms with van der Waals surface area (Å²) in [5.41, 5.74) is 3.42. The van der Waals surface area contributed by atoms with Crippen LogP contribution in [0.3, 0.4) is 0 Å². The topological polar surface area (TPSA) is 121 Å². The fourth-order valence-electron chi connectivity index (χ4n) is 4.39. The van der Waals surface area contributed by atoms with Crippen LogP contribution < -0.4 is 14.8 Å². The number of amides is 2. The highest BCUT2D eigenvalue weighted by molar-refractivity contribution is 5.96. The molecule has 1 heterocycles. The number of aromatic nitrogens is 1. The second-order valence-corrected chi connectivity index (χ2v) is 8.84. The van der Waals surface area contributed by atoms with Crippen LogP contribution in [-0.4, -0.2) is 63.9 Å². The number of carbonyl (C=O) groups is 2. The van der Waals surface area contributed by atoms with Crippen LogP contribution >= 0.6 is 0 Å². The van der Waals surface area contributed by atoms with Gasteiger partial charge in [-0.2, -0.15) is 4.98 Å². The minimum Gasteiger partial charge on any atom is -0.477 e. The summed E-state index contributed by atoms with van der Waals surface area (Å²) < 4.78 is 11.3. The van der Waals surface area contributed by atoms with Gasteiger partial charge in [-0.05, 0) is 42.5 Å². The van der Waals surface area contributed by atoms with E-state index >= 15 is 0 Å². The average Bonchev–Trinajstić information content (AvgIpc) is 3.34. The van der Waals surface area contributed by atoms with Crippen LogP contribution in [0.4, 0.5) is 4.79 Å². The van der Waals surface area contributed by atoms with Gasteiger partial charge >= 0.3 is 6.09 Å². The quantitative estimate of drug-likeness (QED) is 0.366. The molecule has 3 N–H and O–H groups in total. The Kier molecular flexibility index (Phi) is 8.58. The Hall–Kier alpha value is -4.11. The van der Waals surface area contributed by atoms with Crippen molar-refractivity contribution in [2.75, 3.05) is 19.7 Å². The van der Waals surface area contributed by atoms with E-state index in [1.54, 1.807) is 19.1 Å². The summed E-state index contributed by atoms with van der Waals surface area (Å²) in [4.78, 5) is 30.3. The number of ether oxygens (including phenoxy) is 2. The summed E-state index contributed by atoms with van der Waals surface area (Å²) in [7, 11) is 0. The molecule has 0 bridgehead atoms. The van der Waals surface area contributed by atoms with Crippen LogP contribution in [0.1, 0.15) is 34.0 Å². The molecule has 1 unspecified atom stereocenters. The van der Waals surface area contributed by atoms with E-state index in [9.17, 15) is 19.8 Å². The van der Waals surface area contributed by atoms with Crippen LogP contribution in [0.5, 0.6) is 11.8 Å². The highest BCUT2D eigenvalue weighted by Crippen LogP contribution is 2.26. The van der Waals surface area contributed by atoms with Crippen LogP contribution in [0.2, 0.25) is 0 Å². The molecule has 9 nitrogen and oxygen atoms in total. The SMILES string of the molecule is CCOc1nc(OCc2ccccc2)ccc1C(=O)NCC(O)CN(C(=O)O)C1Cc2ccccc2C1. The number of carboxylic acid groups (broad SMARTS) is 1. The lowest BCUT2D eigenvalue weighted by Crippen LogP contribution is -2.47. The maximum Gasteiger partial charge on any atom is 0.407 e. The largest absolute Gasteiger partial charge is 0.477 e. The van der Waals surface area contributed by atoms with Crippen molar-refractivity contribution < 1.29 is 29.3 Å². The highest BCUT2D eigenvalue weighted by Gasteiger charge is 2.31. The molecule has 194 valence electrons. The summed E-state index contributed by atoms with van der Waals surface area (Å²) in [5.74, 6) is -0.0470.